The number of hydrogen-bond acceptors (Lipinski definition) is 4. The monoisotopic (exact) mass is 277 g/mol. The van der Waals surface area contributed by atoms with Crippen LogP contribution in [0.5, 0.6) is 5.75 Å². The van der Waals surface area contributed by atoms with Crippen molar-refractivity contribution in [2.45, 2.75) is 30.7 Å². The molecular weight excluding hydrogens is 256 g/mol. The van der Waals surface area contributed by atoms with Gasteiger partial charge in [-0.15, -0.1) is 0 Å². The first-order valence-electron chi connectivity index (χ1n) is 7.37. The van der Waals surface area contributed by atoms with E-state index in [1.165, 1.54) is 4.90 Å². The van der Waals surface area contributed by atoms with Gasteiger partial charge in [0.05, 0.1) is 13.1 Å². The number of benzene rings is 1. The van der Waals surface area contributed by atoms with Crippen molar-refractivity contribution >= 4 is 0 Å². The Morgan fingerprint density at radius 2 is 2.10 bits per heavy atom. The average Bonchev–Trinajstić information content (AvgIpc) is 2.92. The number of aromatic hydroxyl groups is 1. The third-order valence-corrected chi connectivity index (χ3v) is 5.34. The van der Waals surface area contributed by atoms with Crippen molar-refractivity contribution < 1.29 is 19.6 Å². The van der Waals surface area contributed by atoms with Crippen LogP contribution >= 0.6 is 0 Å². The Bertz CT molecular complexity index is 516. The summed E-state index contributed by atoms with van der Waals surface area (Å²) in [5, 5.41) is 10.1. The van der Waals surface area contributed by atoms with Crippen molar-refractivity contribution in [2.24, 2.45) is 5.92 Å². The maximum absolute atomic E-state index is 10.1. The van der Waals surface area contributed by atoms with Gasteiger partial charge in [-0.3, -0.25) is 4.84 Å². The second-order valence-electron chi connectivity index (χ2n) is 6.09. The first-order chi connectivity index (χ1) is 9.76. The first-order valence-corrected chi connectivity index (χ1v) is 7.37. The van der Waals surface area contributed by atoms with Crippen molar-refractivity contribution in [1.82, 2.24) is 5.48 Å². The number of phenolic OH excluding ortho intramolecular Hbond substituents is 1. The van der Waals surface area contributed by atoms with Crippen LogP contribution in [0.2, 0.25) is 0 Å². The third kappa shape index (κ3) is 1.52. The van der Waals surface area contributed by atoms with Crippen molar-refractivity contribution in [3.05, 3.63) is 29.8 Å². The lowest BCUT2D eigenvalue weighted by Gasteiger charge is -2.50. The molecular formula is C15H21N2O3+. The van der Waals surface area contributed by atoms with Crippen LogP contribution in [0.15, 0.2) is 24.3 Å². The van der Waals surface area contributed by atoms with E-state index in [4.69, 9.17) is 9.57 Å². The summed E-state index contributed by atoms with van der Waals surface area (Å²) in [5.74, 6) is 0.222. The molecule has 4 heterocycles. The third-order valence-electron chi connectivity index (χ3n) is 5.34. The topological polar surface area (TPSA) is 55.2 Å². The van der Waals surface area contributed by atoms with Crippen LogP contribution in [0.25, 0.3) is 0 Å². The lowest BCUT2D eigenvalue weighted by Crippen LogP contribution is -3.21. The van der Waals surface area contributed by atoms with Crippen LogP contribution in [0.1, 0.15) is 24.4 Å². The first kappa shape index (κ1) is 12.6. The molecule has 0 unspecified atom stereocenters. The number of methoxy groups -OCH3 is 1. The molecule has 0 spiro atoms. The van der Waals surface area contributed by atoms with Crippen LogP contribution in [0.4, 0.5) is 0 Å². The molecule has 5 nitrogen and oxygen atoms in total. The molecule has 108 valence electrons. The predicted molar refractivity (Wildman–Crippen MR) is 72.0 cm³/mol. The van der Waals surface area contributed by atoms with E-state index in [9.17, 15) is 5.11 Å². The maximum atomic E-state index is 10.1. The zero-order valence-corrected chi connectivity index (χ0v) is 11.6. The molecule has 3 atom stereocenters. The van der Waals surface area contributed by atoms with Crippen molar-refractivity contribution in [3.63, 3.8) is 0 Å². The van der Waals surface area contributed by atoms with E-state index in [0.717, 1.165) is 31.5 Å². The van der Waals surface area contributed by atoms with Crippen molar-refractivity contribution in [3.8, 4) is 5.75 Å². The molecule has 0 amide bonds. The summed E-state index contributed by atoms with van der Waals surface area (Å²) in [6.45, 7) is 2.32. The molecule has 1 aromatic carbocycles. The molecule has 4 fully saturated rings. The molecule has 5 rings (SSSR count). The fourth-order valence-corrected chi connectivity index (χ4v) is 4.41. The SMILES string of the molecule is CO[C@@]12ON[C@H](c3ccccc3O)[C@H]1[NH+]1CCC2CC1. The largest absolute Gasteiger partial charge is 0.508 e. The zero-order chi connectivity index (χ0) is 13.7. The minimum atomic E-state index is -0.543. The van der Waals surface area contributed by atoms with Crippen LogP contribution in [0, 0.1) is 5.92 Å². The quantitative estimate of drug-likeness (QED) is 0.711. The number of ether oxygens (including phenoxy) is 1. The number of hydroxylamine groups is 1. The molecule has 3 N–H and O–H groups in total. The van der Waals surface area contributed by atoms with Gasteiger partial charge in [0.2, 0.25) is 5.79 Å². The van der Waals surface area contributed by atoms with E-state index in [2.05, 4.69) is 5.48 Å². The van der Waals surface area contributed by atoms with Crippen molar-refractivity contribution in [1.29, 1.82) is 0 Å². The molecule has 0 aliphatic carbocycles. The summed E-state index contributed by atoms with van der Waals surface area (Å²) in [4.78, 5) is 7.47. The Morgan fingerprint density at radius 1 is 1.35 bits per heavy atom. The zero-order valence-electron chi connectivity index (χ0n) is 11.6. The molecule has 20 heavy (non-hydrogen) atoms. The van der Waals surface area contributed by atoms with E-state index in [0.29, 0.717) is 11.7 Å². The van der Waals surface area contributed by atoms with E-state index in [1.54, 1.807) is 13.2 Å². The van der Waals surface area contributed by atoms with Gasteiger partial charge in [-0.2, -0.15) is 5.48 Å². The summed E-state index contributed by atoms with van der Waals surface area (Å²) in [6.07, 6.45) is 2.30. The molecule has 4 aliphatic rings. The highest BCUT2D eigenvalue weighted by molar-refractivity contribution is 5.36. The normalized spacial score (nSPS) is 42.6. The average molecular weight is 277 g/mol. The Balaban J connectivity index is 1.76. The Kier molecular flexibility index (Phi) is 2.79. The summed E-state index contributed by atoms with van der Waals surface area (Å²) in [6, 6.07) is 7.68. The molecule has 0 aromatic heterocycles. The van der Waals surface area contributed by atoms with Gasteiger partial charge in [0.15, 0.2) is 6.04 Å². The van der Waals surface area contributed by atoms with Crippen LogP contribution in [-0.2, 0) is 9.57 Å². The van der Waals surface area contributed by atoms with Gasteiger partial charge in [-0.25, -0.2) is 0 Å². The van der Waals surface area contributed by atoms with Crippen molar-refractivity contribution in [2.75, 3.05) is 20.2 Å². The number of piperidine rings is 3. The van der Waals surface area contributed by atoms with Gasteiger partial charge in [-0.05, 0) is 6.07 Å². The molecule has 1 aromatic rings. The summed E-state index contributed by atoms with van der Waals surface area (Å²) in [7, 11) is 1.74. The van der Waals surface area contributed by atoms with Crippen LogP contribution in [-0.4, -0.2) is 37.1 Å². The number of para-hydroxylation sites is 1. The van der Waals surface area contributed by atoms with Gasteiger partial charge in [0, 0.05) is 31.4 Å². The minimum Gasteiger partial charge on any atom is -0.508 e. The number of phenols is 1. The smallest absolute Gasteiger partial charge is 0.244 e. The molecule has 0 saturated carbocycles. The highest BCUT2D eigenvalue weighted by Gasteiger charge is 2.66. The highest BCUT2D eigenvalue weighted by atomic mass is 16.8. The molecule has 4 saturated heterocycles. The number of quaternary nitrogens is 1. The van der Waals surface area contributed by atoms with Gasteiger partial charge < -0.3 is 14.7 Å². The fraction of sp³-hybridized carbons (Fsp3) is 0.600. The van der Waals surface area contributed by atoms with Gasteiger partial charge in [-0.1, -0.05) is 18.2 Å². The standard InChI is InChI=1S/C15H20N2O3/c1-19-15-10-6-8-17(9-7-10)14(15)13(16-20-15)11-4-2-3-5-12(11)18/h2-5,10,13-14,16,18H,6-9H2,1H3/p+1/t13-,14-,15+/m1/s1. The van der Waals surface area contributed by atoms with E-state index >= 15 is 0 Å². The van der Waals surface area contributed by atoms with E-state index in [-0.39, 0.29) is 12.1 Å². The fourth-order valence-electron chi connectivity index (χ4n) is 4.41. The van der Waals surface area contributed by atoms with E-state index in [1.807, 2.05) is 18.2 Å². The second kappa shape index (κ2) is 4.43. The number of fused-ring (bicyclic) bond motifs is 2. The van der Waals surface area contributed by atoms with Gasteiger partial charge in [0.1, 0.15) is 11.8 Å². The van der Waals surface area contributed by atoms with Crippen LogP contribution < -0.4 is 10.4 Å². The van der Waals surface area contributed by atoms with Gasteiger partial charge in [0.25, 0.3) is 0 Å². The predicted octanol–water partition coefficient (Wildman–Crippen LogP) is -0.0121. The van der Waals surface area contributed by atoms with Crippen LogP contribution in [0.3, 0.4) is 0 Å². The minimum absolute atomic E-state index is 0.0192. The number of hydrogen-bond donors (Lipinski definition) is 3. The summed E-state index contributed by atoms with van der Waals surface area (Å²) >= 11 is 0. The lowest BCUT2D eigenvalue weighted by molar-refractivity contribution is -0.955. The number of rotatable bonds is 2. The molecule has 0 radical (unpaired) electrons. The van der Waals surface area contributed by atoms with Gasteiger partial charge >= 0.3 is 0 Å². The second-order valence-corrected chi connectivity index (χ2v) is 6.09. The molecule has 5 heteroatoms. The lowest BCUT2D eigenvalue weighted by atomic mass is 9.74. The maximum Gasteiger partial charge on any atom is 0.244 e. The Labute approximate surface area is 118 Å². The highest BCUT2D eigenvalue weighted by Crippen LogP contribution is 2.45. The Hall–Kier alpha value is -1.14. The summed E-state index contributed by atoms with van der Waals surface area (Å²) in [5.41, 5.74) is 4.04. The Morgan fingerprint density at radius 3 is 2.80 bits per heavy atom. The summed E-state index contributed by atoms with van der Waals surface area (Å²) < 4.78 is 5.84. The van der Waals surface area contributed by atoms with E-state index < -0.39 is 5.79 Å². The molecule has 2 bridgehead atoms. The molecule has 4 aliphatic heterocycles. The number of nitrogens with one attached hydrogen (secondary N) is 2.